The van der Waals surface area contributed by atoms with Gasteiger partial charge in [0, 0.05) is 32.1 Å². The van der Waals surface area contributed by atoms with Crippen molar-refractivity contribution < 1.29 is 9.84 Å². The Kier molecular flexibility index (Phi) is 4.38. The average molecular weight is 350 g/mol. The van der Waals surface area contributed by atoms with Crippen molar-refractivity contribution >= 4 is 46.1 Å². The molecule has 8 heteroatoms. The Morgan fingerprint density at radius 3 is 2.88 bits per heavy atom. The van der Waals surface area contributed by atoms with Gasteiger partial charge < -0.3 is 24.6 Å². The van der Waals surface area contributed by atoms with E-state index in [4.69, 9.17) is 9.84 Å². The van der Waals surface area contributed by atoms with Crippen LogP contribution in [0, 0.1) is 0 Å². The number of nitrogens with one attached hydrogen (secondary N) is 1. The second-order valence-electron chi connectivity index (χ2n) is 5.67. The van der Waals surface area contributed by atoms with Crippen molar-refractivity contribution in [2.75, 3.05) is 44.1 Å². The van der Waals surface area contributed by atoms with Gasteiger partial charge in [-0.1, -0.05) is 0 Å². The number of likely N-dealkylation sites (N-methyl/N-ethyl adjacent to an activating group) is 1. The highest BCUT2D eigenvalue weighted by atomic mass is 35.5. The molecule has 1 aliphatic rings. The average Bonchev–Trinajstić information content (AvgIpc) is 2.90. The van der Waals surface area contributed by atoms with Crippen LogP contribution in [-0.4, -0.2) is 53.5 Å². The summed E-state index contributed by atoms with van der Waals surface area (Å²) >= 11 is 0. The summed E-state index contributed by atoms with van der Waals surface area (Å²) in [4.78, 5) is 11.4. The van der Waals surface area contributed by atoms with Crippen LogP contribution in [0.3, 0.4) is 0 Å². The minimum Gasteiger partial charge on any atom is -0.497 e. The van der Waals surface area contributed by atoms with Gasteiger partial charge in [-0.2, -0.15) is 4.98 Å². The van der Waals surface area contributed by atoms with Gasteiger partial charge in [-0.05, 0) is 18.2 Å². The Morgan fingerprint density at radius 2 is 2.12 bits per heavy atom. The van der Waals surface area contributed by atoms with E-state index in [0.29, 0.717) is 12.5 Å². The van der Waals surface area contributed by atoms with E-state index >= 15 is 0 Å². The van der Waals surface area contributed by atoms with Crippen molar-refractivity contribution in [3.63, 3.8) is 0 Å². The summed E-state index contributed by atoms with van der Waals surface area (Å²) in [5, 5.41) is 13.2. The first-order valence-electron chi connectivity index (χ1n) is 7.67. The zero-order valence-electron chi connectivity index (χ0n) is 13.6. The number of halogens is 1. The number of benzene rings is 1. The molecule has 128 valence electrons. The van der Waals surface area contributed by atoms with E-state index in [0.717, 1.165) is 46.6 Å². The largest absolute Gasteiger partial charge is 0.497 e. The van der Waals surface area contributed by atoms with E-state index in [1.807, 2.05) is 19.2 Å². The number of methoxy groups -OCH3 is 1. The maximum atomic E-state index is 9.03. The fourth-order valence-electron chi connectivity index (χ4n) is 3.17. The molecule has 7 nitrogen and oxygen atoms in total. The van der Waals surface area contributed by atoms with Crippen LogP contribution in [0.2, 0.25) is 0 Å². The fraction of sp³-hybridized carbons (Fsp3) is 0.375. The van der Waals surface area contributed by atoms with E-state index in [1.165, 1.54) is 0 Å². The predicted octanol–water partition coefficient (Wildman–Crippen LogP) is 1.87. The van der Waals surface area contributed by atoms with Gasteiger partial charge in [-0.3, -0.25) is 0 Å². The third-order valence-corrected chi connectivity index (χ3v) is 4.30. The summed E-state index contributed by atoms with van der Waals surface area (Å²) in [6, 6.07) is 6.07. The van der Waals surface area contributed by atoms with Gasteiger partial charge >= 0.3 is 0 Å². The lowest BCUT2D eigenvalue weighted by atomic mass is 10.2. The van der Waals surface area contributed by atoms with E-state index < -0.39 is 0 Å². The van der Waals surface area contributed by atoms with Gasteiger partial charge in [0.05, 0.1) is 19.2 Å². The maximum absolute atomic E-state index is 9.03. The molecule has 0 atom stereocenters. The van der Waals surface area contributed by atoms with Crippen LogP contribution in [0.4, 0.5) is 11.8 Å². The topological polar surface area (TPSA) is 75.4 Å². The van der Waals surface area contributed by atoms with Crippen LogP contribution < -0.4 is 15.0 Å². The third kappa shape index (κ3) is 2.40. The second kappa shape index (κ2) is 6.33. The quantitative estimate of drug-likeness (QED) is 0.749. The van der Waals surface area contributed by atoms with Gasteiger partial charge in [-0.25, -0.2) is 4.98 Å². The van der Waals surface area contributed by atoms with Crippen molar-refractivity contribution in [2.24, 2.45) is 0 Å². The molecule has 1 aromatic carbocycles. The summed E-state index contributed by atoms with van der Waals surface area (Å²) in [5.74, 6) is 2.27. The molecule has 0 saturated carbocycles. The number of aliphatic hydroxyl groups excluding tert-OH is 1. The van der Waals surface area contributed by atoms with Gasteiger partial charge in [-0.15, -0.1) is 12.4 Å². The molecule has 0 amide bonds. The molecule has 3 heterocycles. The maximum Gasteiger partial charge on any atom is 0.225 e. The Labute approximate surface area is 145 Å². The van der Waals surface area contributed by atoms with E-state index in [2.05, 4.69) is 30.8 Å². The van der Waals surface area contributed by atoms with Crippen LogP contribution in [0.25, 0.3) is 21.9 Å². The van der Waals surface area contributed by atoms with Crippen molar-refractivity contribution in [3.8, 4) is 5.75 Å². The first kappa shape index (κ1) is 16.6. The highest BCUT2D eigenvalue weighted by Crippen LogP contribution is 2.37. The number of rotatable bonds is 4. The van der Waals surface area contributed by atoms with Gasteiger partial charge in [0.1, 0.15) is 16.8 Å². The Balaban J connectivity index is 0.00000169. The molecule has 0 unspecified atom stereocenters. The van der Waals surface area contributed by atoms with Crippen LogP contribution in [0.15, 0.2) is 18.2 Å². The lowest BCUT2D eigenvalue weighted by Crippen LogP contribution is -2.28. The number of hydrogen-bond donors (Lipinski definition) is 2. The number of ether oxygens (including phenoxy) is 1. The molecule has 0 radical (unpaired) electrons. The molecule has 3 aromatic rings. The van der Waals surface area contributed by atoms with Crippen LogP contribution in [0.5, 0.6) is 5.75 Å². The van der Waals surface area contributed by atoms with Crippen molar-refractivity contribution in [1.82, 2.24) is 14.5 Å². The predicted molar refractivity (Wildman–Crippen MR) is 97.7 cm³/mol. The monoisotopic (exact) mass is 349 g/mol. The molecule has 0 fully saturated rings. The van der Waals surface area contributed by atoms with Gasteiger partial charge in [0.25, 0.3) is 0 Å². The van der Waals surface area contributed by atoms with Crippen LogP contribution >= 0.6 is 12.4 Å². The number of aromatic nitrogens is 3. The Bertz CT molecular complexity index is 895. The molecule has 4 rings (SSSR count). The minimum atomic E-state index is 0. The van der Waals surface area contributed by atoms with Crippen molar-refractivity contribution in [1.29, 1.82) is 0 Å². The smallest absolute Gasteiger partial charge is 0.225 e. The molecule has 0 spiro atoms. The molecule has 1 aliphatic heterocycles. The molecule has 0 bridgehead atoms. The lowest BCUT2D eigenvalue weighted by molar-refractivity contribution is 0.311. The standard InChI is InChI=1S/C16H19N5O2.ClH/c1-20-6-7-21-12-4-3-10(23-2)9-11(12)13-14(21)15(20)19-16(18-13)17-5-8-22;/h3-4,9,22H,5-8H2,1-2H3,(H,17,18,19);1H. The summed E-state index contributed by atoms with van der Waals surface area (Å²) in [7, 11) is 3.71. The molecule has 0 saturated heterocycles. The number of nitrogens with zero attached hydrogens (tertiary/aromatic N) is 4. The summed E-state index contributed by atoms with van der Waals surface area (Å²) in [6.45, 7) is 2.27. The number of hydrogen-bond acceptors (Lipinski definition) is 6. The van der Waals surface area contributed by atoms with Crippen LogP contribution in [0.1, 0.15) is 0 Å². The first-order chi connectivity index (χ1) is 11.2. The summed E-state index contributed by atoms with van der Waals surface area (Å²) in [5.41, 5.74) is 3.11. The summed E-state index contributed by atoms with van der Waals surface area (Å²) in [6.07, 6.45) is 0. The van der Waals surface area contributed by atoms with Gasteiger partial charge in [0.2, 0.25) is 5.95 Å². The van der Waals surface area contributed by atoms with E-state index in [1.54, 1.807) is 7.11 Å². The molecule has 2 aromatic heterocycles. The Hall–Kier alpha value is -2.25. The van der Waals surface area contributed by atoms with Crippen molar-refractivity contribution in [3.05, 3.63) is 18.2 Å². The zero-order chi connectivity index (χ0) is 16.0. The number of aliphatic hydroxyl groups is 1. The second-order valence-corrected chi connectivity index (χ2v) is 5.67. The Morgan fingerprint density at radius 1 is 1.29 bits per heavy atom. The zero-order valence-corrected chi connectivity index (χ0v) is 14.4. The number of fused-ring (bicyclic) bond motifs is 3. The molecular formula is C16H20ClN5O2. The van der Waals surface area contributed by atoms with Crippen molar-refractivity contribution in [2.45, 2.75) is 6.54 Å². The lowest BCUT2D eigenvalue weighted by Gasteiger charge is -2.26. The first-order valence-corrected chi connectivity index (χ1v) is 7.67. The molecule has 24 heavy (non-hydrogen) atoms. The SMILES string of the molecule is COc1ccc2c(c1)c1nc(NCCO)nc3c1n2CCN3C.Cl. The highest BCUT2D eigenvalue weighted by Gasteiger charge is 2.24. The number of anilines is 2. The van der Waals surface area contributed by atoms with Gasteiger partial charge in [0.15, 0.2) is 5.82 Å². The molecule has 2 N–H and O–H groups in total. The fourth-order valence-corrected chi connectivity index (χ4v) is 3.17. The summed E-state index contributed by atoms with van der Waals surface area (Å²) < 4.78 is 7.64. The molecule has 0 aliphatic carbocycles. The normalized spacial score (nSPS) is 13.2. The highest BCUT2D eigenvalue weighted by molar-refractivity contribution is 6.10. The van der Waals surface area contributed by atoms with Crippen LogP contribution in [-0.2, 0) is 6.54 Å². The molecular weight excluding hydrogens is 330 g/mol. The van der Waals surface area contributed by atoms with E-state index in [-0.39, 0.29) is 19.0 Å². The van der Waals surface area contributed by atoms with E-state index in [9.17, 15) is 0 Å². The third-order valence-electron chi connectivity index (χ3n) is 4.30. The minimum absolute atomic E-state index is 0.